The number of hydrogen-bond acceptors (Lipinski definition) is 2. The van der Waals surface area contributed by atoms with Crippen molar-refractivity contribution in [3.63, 3.8) is 0 Å². The SMILES string of the molecule is CC1SCc2c(F)cc(F)cc2C1=O. The lowest BCUT2D eigenvalue weighted by atomic mass is 10.0. The second kappa shape index (κ2) is 3.35. The first-order valence-electron chi connectivity index (χ1n) is 4.23. The molecule has 0 saturated carbocycles. The molecule has 0 spiro atoms. The Bertz CT molecular complexity index is 403. The van der Waals surface area contributed by atoms with Crippen molar-refractivity contribution in [2.24, 2.45) is 0 Å². The molecule has 1 atom stereocenters. The van der Waals surface area contributed by atoms with E-state index in [-0.39, 0.29) is 16.6 Å². The fraction of sp³-hybridized carbons (Fsp3) is 0.300. The highest BCUT2D eigenvalue weighted by molar-refractivity contribution is 8.00. The third-order valence-corrected chi connectivity index (χ3v) is 3.44. The van der Waals surface area contributed by atoms with Gasteiger partial charge in [-0.2, -0.15) is 0 Å². The first-order chi connectivity index (χ1) is 6.59. The lowest BCUT2D eigenvalue weighted by Crippen LogP contribution is -2.21. The van der Waals surface area contributed by atoms with Crippen LogP contribution in [0.1, 0.15) is 22.8 Å². The number of thioether (sulfide) groups is 1. The lowest BCUT2D eigenvalue weighted by molar-refractivity contribution is 0.0990. The zero-order valence-electron chi connectivity index (χ0n) is 7.51. The van der Waals surface area contributed by atoms with E-state index in [1.54, 1.807) is 6.92 Å². The van der Waals surface area contributed by atoms with Crippen LogP contribution in [0.15, 0.2) is 12.1 Å². The molecule has 0 saturated heterocycles. The normalized spacial score (nSPS) is 20.8. The van der Waals surface area contributed by atoms with Gasteiger partial charge in [-0.3, -0.25) is 4.79 Å². The van der Waals surface area contributed by atoms with Gasteiger partial charge in [0.15, 0.2) is 5.78 Å². The van der Waals surface area contributed by atoms with Crippen LogP contribution in [0.25, 0.3) is 0 Å². The summed E-state index contributed by atoms with van der Waals surface area (Å²) in [4.78, 5) is 11.6. The average molecular weight is 214 g/mol. The minimum Gasteiger partial charge on any atom is -0.293 e. The van der Waals surface area contributed by atoms with Gasteiger partial charge in [-0.25, -0.2) is 8.78 Å². The topological polar surface area (TPSA) is 17.1 Å². The third kappa shape index (κ3) is 1.43. The van der Waals surface area contributed by atoms with E-state index < -0.39 is 11.6 Å². The van der Waals surface area contributed by atoms with Gasteiger partial charge < -0.3 is 0 Å². The predicted molar refractivity (Wildman–Crippen MR) is 51.4 cm³/mol. The van der Waals surface area contributed by atoms with Crippen molar-refractivity contribution in [2.75, 3.05) is 0 Å². The van der Waals surface area contributed by atoms with Crippen LogP contribution in [0.5, 0.6) is 0 Å². The van der Waals surface area contributed by atoms with Gasteiger partial charge in [0.25, 0.3) is 0 Å². The number of carbonyl (C=O) groups excluding carboxylic acids is 1. The van der Waals surface area contributed by atoms with Crippen LogP contribution in [-0.2, 0) is 5.75 Å². The Hall–Kier alpha value is -0.900. The number of Topliss-reactive ketones (excluding diaryl/α,β-unsaturated/α-hetero) is 1. The second-order valence-electron chi connectivity index (χ2n) is 3.23. The maximum Gasteiger partial charge on any atom is 0.176 e. The summed E-state index contributed by atoms with van der Waals surface area (Å²) in [7, 11) is 0. The summed E-state index contributed by atoms with van der Waals surface area (Å²) in [5.74, 6) is -1.05. The molecule has 1 aliphatic rings. The summed E-state index contributed by atoms with van der Waals surface area (Å²) in [6.07, 6.45) is 0. The van der Waals surface area contributed by atoms with Gasteiger partial charge in [-0.1, -0.05) is 0 Å². The van der Waals surface area contributed by atoms with Gasteiger partial charge >= 0.3 is 0 Å². The minimum absolute atomic E-state index is 0.186. The molecule has 1 aromatic rings. The molecule has 14 heavy (non-hydrogen) atoms. The van der Waals surface area contributed by atoms with Crippen LogP contribution in [0.3, 0.4) is 0 Å². The van der Waals surface area contributed by atoms with Crippen molar-refractivity contribution in [3.05, 3.63) is 34.9 Å². The van der Waals surface area contributed by atoms with Gasteiger partial charge in [-0.05, 0) is 13.0 Å². The van der Waals surface area contributed by atoms with E-state index >= 15 is 0 Å². The highest BCUT2D eigenvalue weighted by Crippen LogP contribution is 2.31. The van der Waals surface area contributed by atoms with E-state index in [0.29, 0.717) is 11.3 Å². The molecule has 0 aromatic heterocycles. The predicted octanol–water partition coefficient (Wildman–Crippen LogP) is 2.78. The van der Waals surface area contributed by atoms with E-state index in [1.165, 1.54) is 11.8 Å². The Morgan fingerprint density at radius 1 is 1.43 bits per heavy atom. The quantitative estimate of drug-likeness (QED) is 0.660. The summed E-state index contributed by atoms with van der Waals surface area (Å²) in [6.45, 7) is 1.75. The number of halogens is 2. The Labute approximate surface area is 84.5 Å². The Morgan fingerprint density at radius 3 is 2.86 bits per heavy atom. The molecule has 1 unspecified atom stereocenters. The fourth-order valence-electron chi connectivity index (χ4n) is 1.47. The molecule has 0 radical (unpaired) electrons. The molecule has 0 fully saturated rings. The molecule has 1 heterocycles. The summed E-state index contributed by atoms with van der Waals surface area (Å²) < 4.78 is 26.1. The third-order valence-electron chi connectivity index (χ3n) is 2.27. The molecule has 0 N–H and O–H groups in total. The maximum absolute atomic E-state index is 13.2. The molecule has 4 heteroatoms. The van der Waals surface area contributed by atoms with Crippen molar-refractivity contribution in [2.45, 2.75) is 17.9 Å². The van der Waals surface area contributed by atoms with Crippen LogP contribution in [0.2, 0.25) is 0 Å². The molecule has 2 rings (SSSR count). The molecule has 74 valence electrons. The fourth-order valence-corrected chi connectivity index (χ4v) is 2.46. The smallest absolute Gasteiger partial charge is 0.176 e. The summed E-state index contributed by atoms with van der Waals surface area (Å²) in [6, 6.07) is 1.94. The van der Waals surface area contributed by atoms with Crippen LogP contribution in [0, 0.1) is 11.6 Å². The number of rotatable bonds is 0. The van der Waals surface area contributed by atoms with E-state index in [2.05, 4.69) is 0 Å². The van der Waals surface area contributed by atoms with Crippen molar-refractivity contribution in [1.29, 1.82) is 0 Å². The number of ketones is 1. The molecule has 1 aromatic carbocycles. The van der Waals surface area contributed by atoms with Crippen molar-refractivity contribution >= 4 is 17.5 Å². The van der Waals surface area contributed by atoms with Gasteiger partial charge in [0, 0.05) is 22.9 Å². The van der Waals surface area contributed by atoms with Crippen molar-refractivity contribution in [1.82, 2.24) is 0 Å². The Kier molecular flexibility index (Phi) is 2.31. The zero-order chi connectivity index (χ0) is 10.3. The summed E-state index contributed by atoms with van der Waals surface area (Å²) >= 11 is 1.38. The van der Waals surface area contributed by atoms with Gasteiger partial charge in [0.1, 0.15) is 11.6 Å². The number of carbonyl (C=O) groups is 1. The minimum atomic E-state index is -0.686. The van der Waals surface area contributed by atoms with Crippen molar-refractivity contribution < 1.29 is 13.6 Å². The Balaban J connectivity index is 2.60. The summed E-state index contributed by atoms with van der Waals surface area (Å²) in [5, 5.41) is -0.205. The van der Waals surface area contributed by atoms with Crippen LogP contribution >= 0.6 is 11.8 Å². The molecule has 0 aliphatic carbocycles. The number of fused-ring (bicyclic) bond motifs is 1. The molecular weight excluding hydrogens is 206 g/mol. The van der Waals surface area contributed by atoms with E-state index in [9.17, 15) is 13.6 Å². The van der Waals surface area contributed by atoms with E-state index in [0.717, 1.165) is 12.1 Å². The molecule has 0 bridgehead atoms. The molecule has 0 amide bonds. The van der Waals surface area contributed by atoms with Crippen LogP contribution in [0.4, 0.5) is 8.78 Å². The zero-order valence-corrected chi connectivity index (χ0v) is 8.33. The lowest BCUT2D eigenvalue weighted by Gasteiger charge is -2.20. The van der Waals surface area contributed by atoms with Gasteiger partial charge in [0.05, 0.1) is 5.25 Å². The molecule has 1 nitrogen and oxygen atoms in total. The molecular formula is C10H8F2OS. The first-order valence-corrected chi connectivity index (χ1v) is 5.28. The van der Waals surface area contributed by atoms with Crippen LogP contribution < -0.4 is 0 Å². The monoisotopic (exact) mass is 214 g/mol. The highest BCUT2D eigenvalue weighted by Gasteiger charge is 2.27. The highest BCUT2D eigenvalue weighted by atomic mass is 32.2. The molecule has 1 aliphatic heterocycles. The number of hydrogen-bond donors (Lipinski definition) is 0. The second-order valence-corrected chi connectivity index (χ2v) is 4.56. The first kappa shape index (κ1) is 9.65. The standard InChI is InChI=1S/C10H8F2OS/c1-5-10(13)7-2-6(11)3-9(12)8(7)4-14-5/h2-3,5H,4H2,1H3. The van der Waals surface area contributed by atoms with Gasteiger partial charge in [-0.15, -0.1) is 11.8 Å². The number of benzene rings is 1. The summed E-state index contributed by atoms with van der Waals surface area (Å²) in [5.41, 5.74) is 0.535. The van der Waals surface area contributed by atoms with E-state index in [4.69, 9.17) is 0 Å². The van der Waals surface area contributed by atoms with Gasteiger partial charge in [0.2, 0.25) is 0 Å². The van der Waals surface area contributed by atoms with Crippen LogP contribution in [-0.4, -0.2) is 11.0 Å². The average Bonchev–Trinajstić information content (AvgIpc) is 2.12. The Morgan fingerprint density at radius 2 is 2.14 bits per heavy atom. The largest absolute Gasteiger partial charge is 0.293 e. The van der Waals surface area contributed by atoms with Crippen molar-refractivity contribution in [3.8, 4) is 0 Å². The maximum atomic E-state index is 13.2. The van der Waals surface area contributed by atoms with E-state index in [1.807, 2.05) is 0 Å².